The van der Waals surface area contributed by atoms with Crippen LogP contribution in [0.1, 0.15) is 16.8 Å². The third-order valence-electron chi connectivity index (χ3n) is 3.56. The Morgan fingerprint density at radius 1 is 1.40 bits per heavy atom. The fourth-order valence-corrected chi connectivity index (χ4v) is 3.81. The Morgan fingerprint density at radius 3 is 2.55 bits per heavy atom. The van der Waals surface area contributed by atoms with E-state index in [0.717, 1.165) is 6.42 Å². The van der Waals surface area contributed by atoms with Gasteiger partial charge in [0.05, 0.1) is 4.90 Å². The molecule has 1 atom stereocenters. The first-order valence-electron chi connectivity index (χ1n) is 6.51. The van der Waals surface area contributed by atoms with E-state index in [1.54, 1.807) is 0 Å². The summed E-state index contributed by atoms with van der Waals surface area (Å²) in [5, 5.41) is 2.50. The Morgan fingerprint density at radius 2 is 2.05 bits per heavy atom. The number of rotatable bonds is 4. The largest absolute Gasteiger partial charge is 0.355 e. The fourth-order valence-electron chi connectivity index (χ4n) is 2.28. The summed E-state index contributed by atoms with van der Waals surface area (Å²) in [5.41, 5.74) is 6.02. The predicted molar refractivity (Wildman–Crippen MR) is 75.8 cm³/mol. The molecular weight excluding hydrogens is 278 g/mol. The Kier molecular flexibility index (Phi) is 4.42. The molecule has 0 aromatic heterocycles. The molecule has 0 spiro atoms. The van der Waals surface area contributed by atoms with Gasteiger partial charge in [-0.15, -0.1) is 0 Å². The molecule has 1 aliphatic rings. The summed E-state index contributed by atoms with van der Waals surface area (Å²) in [6.45, 7) is 1.47. The molecule has 1 aliphatic heterocycles. The summed E-state index contributed by atoms with van der Waals surface area (Å²) in [6.07, 6.45) is 0.798. The van der Waals surface area contributed by atoms with E-state index in [1.165, 1.54) is 35.6 Å². The second-order valence-electron chi connectivity index (χ2n) is 4.86. The zero-order chi connectivity index (χ0) is 14.8. The third-order valence-corrected chi connectivity index (χ3v) is 5.44. The maximum absolute atomic E-state index is 12.4. The highest BCUT2D eigenvalue weighted by molar-refractivity contribution is 7.89. The normalized spacial score (nSPS) is 20.0. The minimum Gasteiger partial charge on any atom is -0.355 e. The van der Waals surface area contributed by atoms with Crippen LogP contribution in [0.3, 0.4) is 0 Å². The molecule has 0 aliphatic carbocycles. The van der Waals surface area contributed by atoms with Crippen molar-refractivity contribution in [2.24, 2.45) is 11.7 Å². The van der Waals surface area contributed by atoms with Crippen molar-refractivity contribution in [1.29, 1.82) is 0 Å². The predicted octanol–water partition coefficient (Wildman–Crippen LogP) is 0.0155. The SMILES string of the molecule is CNC(=O)c1ccc(S(=O)(=O)N2CCC(CN)C2)cc1. The van der Waals surface area contributed by atoms with Gasteiger partial charge in [0.25, 0.3) is 5.91 Å². The van der Waals surface area contributed by atoms with Crippen LogP contribution in [0.2, 0.25) is 0 Å². The van der Waals surface area contributed by atoms with Crippen LogP contribution >= 0.6 is 0 Å². The van der Waals surface area contributed by atoms with E-state index in [2.05, 4.69) is 5.32 Å². The highest BCUT2D eigenvalue weighted by Gasteiger charge is 2.31. The molecule has 2 rings (SSSR count). The van der Waals surface area contributed by atoms with E-state index in [0.29, 0.717) is 25.2 Å². The number of benzene rings is 1. The fraction of sp³-hybridized carbons (Fsp3) is 0.462. The summed E-state index contributed by atoms with van der Waals surface area (Å²) in [7, 11) is -1.95. The number of sulfonamides is 1. The Labute approximate surface area is 119 Å². The molecule has 6 nitrogen and oxygen atoms in total. The lowest BCUT2D eigenvalue weighted by Crippen LogP contribution is -2.30. The maximum Gasteiger partial charge on any atom is 0.251 e. The van der Waals surface area contributed by atoms with Crippen molar-refractivity contribution >= 4 is 15.9 Å². The first-order valence-corrected chi connectivity index (χ1v) is 7.95. The van der Waals surface area contributed by atoms with Crippen molar-refractivity contribution in [3.05, 3.63) is 29.8 Å². The molecule has 0 bridgehead atoms. The van der Waals surface area contributed by atoms with Crippen LogP contribution in [0.4, 0.5) is 0 Å². The molecule has 0 radical (unpaired) electrons. The summed E-state index contributed by atoms with van der Waals surface area (Å²) >= 11 is 0. The zero-order valence-corrected chi connectivity index (χ0v) is 12.2. The molecule has 1 unspecified atom stereocenters. The lowest BCUT2D eigenvalue weighted by atomic mass is 10.1. The number of amides is 1. The number of nitrogens with two attached hydrogens (primary N) is 1. The highest BCUT2D eigenvalue weighted by Crippen LogP contribution is 2.23. The van der Waals surface area contributed by atoms with Crippen LogP contribution in [-0.4, -0.2) is 45.3 Å². The molecule has 110 valence electrons. The second kappa shape index (κ2) is 5.90. The number of hydrogen-bond donors (Lipinski definition) is 2. The van der Waals surface area contributed by atoms with Crippen LogP contribution in [0, 0.1) is 5.92 Å². The van der Waals surface area contributed by atoms with Gasteiger partial charge in [0.2, 0.25) is 10.0 Å². The summed E-state index contributed by atoms with van der Waals surface area (Å²) < 4.78 is 26.3. The molecule has 1 fully saturated rings. The van der Waals surface area contributed by atoms with Crippen molar-refractivity contribution in [3.8, 4) is 0 Å². The van der Waals surface area contributed by atoms with Crippen molar-refractivity contribution in [1.82, 2.24) is 9.62 Å². The minimum atomic E-state index is -3.48. The molecule has 1 amide bonds. The van der Waals surface area contributed by atoms with Crippen LogP contribution in [0.5, 0.6) is 0 Å². The van der Waals surface area contributed by atoms with Gasteiger partial charge in [0.1, 0.15) is 0 Å². The van der Waals surface area contributed by atoms with Gasteiger partial charge in [-0.2, -0.15) is 4.31 Å². The summed E-state index contributed by atoms with van der Waals surface area (Å²) in [6, 6.07) is 5.97. The second-order valence-corrected chi connectivity index (χ2v) is 6.79. The van der Waals surface area contributed by atoms with Gasteiger partial charge in [0.15, 0.2) is 0 Å². The molecule has 1 heterocycles. The molecule has 1 aromatic rings. The summed E-state index contributed by atoms with van der Waals surface area (Å²) in [4.78, 5) is 11.6. The standard InChI is InChI=1S/C13H19N3O3S/c1-15-13(17)11-2-4-12(5-3-11)20(18,19)16-7-6-10(8-14)9-16/h2-5,10H,6-9,14H2,1H3,(H,15,17). The van der Waals surface area contributed by atoms with Crippen molar-refractivity contribution in [2.75, 3.05) is 26.7 Å². The number of carbonyl (C=O) groups excluding carboxylic acids is 1. The van der Waals surface area contributed by atoms with E-state index < -0.39 is 10.0 Å². The van der Waals surface area contributed by atoms with Gasteiger partial charge in [-0.25, -0.2) is 8.42 Å². The highest BCUT2D eigenvalue weighted by atomic mass is 32.2. The topological polar surface area (TPSA) is 92.5 Å². The number of nitrogens with one attached hydrogen (secondary N) is 1. The maximum atomic E-state index is 12.4. The quantitative estimate of drug-likeness (QED) is 0.819. The Balaban J connectivity index is 2.20. The third kappa shape index (κ3) is 2.84. The smallest absolute Gasteiger partial charge is 0.251 e. The number of hydrogen-bond acceptors (Lipinski definition) is 4. The first-order chi connectivity index (χ1) is 9.48. The van der Waals surface area contributed by atoms with E-state index in [9.17, 15) is 13.2 Å². The van der Waals surface area contributed by atoms with Crippen LogP contribution in [0.25, 0.3) is 0 Å². The van der Waals surface area contributed by atoms with Gasteiger partial charge >= 0.3 is 0 Å². The van der Waals surface area contributed by atoms with Crippen molar-refractivity contribution < 1.29 is 13.2 Å². The van der Waals surface area contributed by atoms with E-state index in [-0.39, 0.29) is 16.7 Å². The molecule has 7 heteroatoms. The van der Waals surface area contributed by atoms with Gasteiger partial charge in [-0.1, -0.05) is 0 Å². The van der Waals surface area contributed by atoms with Crippen molar-refractivity contribution in [2.45, 2.75) is 11.3 Å². The Hall–Kier alpha value is -1.44. The average Bonchev–Trinajstić information content (AvgIpc) is 2.96. The zero-order valence-electron chi connectivity index (χ0n) is 11.4. The molecule has 3 N–H and O–H groups in total. The van der Waals surface area contributed by atoms with Crippen LogP contribution in [0.15, 0.2) is 29.2 Å². The number of nitrogens with zero attached hydrogens (tertiary/aromatic N) is 1. The molecule has 0 saturated carbocycles. The van der Waals surface area contributed by atoms with Gasteiger partial charge < -0.3 is 11.1 Å². The Bertz CT molecular complexity index is 583. The van der Waals surface area contributed by atoms with Crippen LogP contribution in [-0.2, 0) is 10.0 Å². The molecule has 1 saturated heterocycles. The monoisotopic (exact) mass is 297 g/mol. The van der Waals surface area contributed by atoms with Gasteiger partial charge in [-0.05, 0) is 43.1 Å². The van der Waals surface area contributed by atoms with E-state index in [1.807, 2.05) is 0 Å². The molecule has 1 aromatic carbocycles. The van der Waals surface area contributed by atoms with Crippen LogP contribution < -0.4 is 11.1 Å². The molecule has 20 heavy (non-hydrogen) atoms. The van der Waals surface area contributed by atoms with Gasteiger partial charge in [0, 0.05) is 25.7 Å². The lowest BCUT2D eigenvalue weighted by molar-refractivity contribution is 0.0963. The lowest BCUT2D eigenvalue weighted by Gasteiger charge is -2.16. The molecular formula is C13H19N3O3S. The minimum absolute atomic E-state index is 0.211. The van der Waals surface area contributed by atoms with Crippen molar-refractivity contribution in [3.63, 3.8) is 0 Å². The van der Waals surface area contributed by atoms with E-state index in [4.69, 9.17) is 5.73 Å². The van der Waals surface area contributed by atoms with Gasteiger partial charge in [-0.3, -0.25) is 4.79 Å². The summed E-state index contributed by atoms with van der Waals surface area (Å²) in [5.74, 6) is -0.00627. The first kappa shape index (κ1) is 15.0. The average molecular weight is 297 g/mol. The number of carbonyl (C=O) groups is 1. The van der Waals surface area contributed by atoms with E-state index >= 15 is 0 Å².